The molecule has 2 unspecified atom stereocenters. The van der Waals surface area contributed by atoms with E-state index in [1.165, 1.54) is 7.11 Å². The van der Waals surface area contributed by atoms with Gasteiger partial charge in [0.15, 0.2) is 6.79 Å². The number of methoxy groups -OCH3 is 1. The maximum atomic E-state index is 11.6. The SMILES string of the molecule is COCOC(=O)C1C(C=C(C)C#N)C1(C)C. The summed E-state index contributed by atoms with van der Waals surface area (Å²) in [5.74, 6) is -0.318. The van der Waals surface area contributed by atoms with E-state index in [-0.39, 0.29) is 30.0 Å². The first-order valence-corrected chi connectivity index (χ1v) is 5.19. The van der Waals surface area contributed by atoms with E-state index in [1.54, 1.807) is 6.92 Å². The maximum Gasteiger partial charge on any atom is 0.312 e. The molecule has 0 aromatic heterocycles. The number of rotatable bonds is 4. The fourth-order valence-corrected chi connectivity index (χ4v) is 1.95. The van der Waals surface area contributed by atoms with Gasteiger partial charge in [-0.25, -0.2) is 0 Å². The van der Waals surface area contributed by atoms with Crippen molar-refractivity contribution in [2.24, 2.45) is 17.3 Å². The van der Waals surface area contributed by atoms with Gasteiger partial charge in [-0.05, 0) is 18.3 Å². The van der Waals surface area contributed by atoms with E-state index >= 15 is 0 Å². The lowest BCUT2D eigenvalue weighted by atomic mass is 10.1. The van der Waals surface area contributed by atoms with E-state index in [2.05, 4.69) is 10.8 Å². The molecule has 1 aliphatic rings. The molecular weight excluding hydrogens is 206 g/mol. The highest BCUT2D eigenvalue weighted by atomic mass is 16.7. The van der Waals surface area contributed by atoms with E-state index in [9.17, 15) is 4.79 Å². The number of ether oxygens (including phenoxy) is 2. The molecule has 0 amide bonds. The Balaban J connectivity index is 2.64. The van der Waals surface area contributed by atoms with Crippen molar-refractivity contribution >= 4 is 5.97 Å². The summed E-state index contributed by atoms with van der Waals surface area (Å²) in [5.41, 5.74) is 0.517. The zero-order chi connectivity index (χ0) is 12.3. The van der Waals surface area contributed by atoms with Crippen LogP contribution in [0.15, 0.2) is 11.6 Å². The molecule has 0 spiro atoms. The number of carbonyl (C=O) groups is 1. The second-order valence-corrected chi connectivity index (χ2v) is 4.66. The molecule has 4 nitrogen and oxygen atoms in total. The highest BCUT2D eigenvalue weighted by molar-refractivity contribution is 5.78. The second-order valence-electron chi connectivity index (χ2n) is 4.66. The van der Waals surface area contributed by atoms with Crippen LogP contribution in [0.2, 0.25) is 0 Å². The van der Waals surface area contributed by atoms with Gasteiger partial charge in [0.05, 0.1) is 12.0 Å². The molecule has 0 heterocycles. The summed E-state index contributed by atoms with van der Waals surface area (Å²) in [6, 6.07) is 2.06. The fourth-order valence-electron chi connectivity index (χ4n) is 1.95. The predicted molar refractivity (Wildman–Crippen MR) is 58.1 cm³/mol. The van der Waals surface area contributed by atoms with Gasteiger partial charge in [-0.15, -0.1) is 0 Å². The van der Waals surface area contributed by atoms with Crippen molar-refractivity contribution in [1.29, 1.82) is 5.26 Å². The Hall–Kier alpha value is -1.34. The van der Waals surface area contributed by atoms with Crippen LogP contribution in [0.1, 0.15) is 20.8 Å². The van der Waals surface area contributed by atoms with Crippen molar-refractivity contribution in [2.75, 3.05) is 13.9 Å². The van der Waals surface area contributed by atoms with Crippen molar-refractivity contribution in [3.05, 3.63) is 11.6 Å². The molecule has 16 heavy (non-hydrogen) atoms. The minimum absolute atomic E-state index is 0.0148. The Morgan fingerprint density at radius 3 is 2.69 bits per heavy atom. The maximum absolute atomic E-state index is 11.6. The summed E-state index contributed by atoms with van der Waals surface area (Å²) < 4.78 is 9.61. The summed E-state index contributed by atoms with van der Waals surface area (Å²) in [6.07, 6.45) is 1.85. The van der Waals surface area contributed by atoms with Crippen LogP contribution in [-0.4, -0.2) is 19.9 Å². The van der Waals surface area contributed by atoms with Gasteiger partial charge in [-0.3, -0.25) is 4.79 Å². The molecule has 1 aliphatic carbocycles. The van der Waals surface area contributed by atoms with Crippen LogP contribution in [-0.2, 0) is 14.3 Å². The van der Waals surface area contributed by atoms with Gasteiger partial charge in [0.25, 0.3) is 0 Å². The van der Waals surface area contributed by atoms with Gasteiger partial charge in [0, 0.05) is 12.7 Å². The van der Waals surface area contributed by atoms with E-state index in [1.807, 2.05) is 19.9 Å². The molecular formula is C12H17NO3. The van der Waals surface area contributed by atoms with Crippen LogP contribution in [0.25, 0.3) is 0 Å². The molecule has 4 heteroatoms. The normalized spacial score (nSPS) is 27.1. The topological polar surface area (TPSA) is 59.3 Å². The molecule has 1 fully saturated rings. The van der Waals surface area contributed by atoms with E-state index in [0.29, 0.717) is 5.57 Å². The van der Waals surface area contributed by atoms with Crippen LogP contribution in [0.4, 0.5) is 0 Å². The third-order valence-electron chi connectivity index (χ3n) is 3.09. The first-order valence-electron chi connectivity index (χ1n) is 5.19. The largest absolute Gasteiger partial charge is 0.438 e. The van der Waals surface area contributed by atoms with Crippen molar-refractivity contribution in [2.45, 2.75) is 20.8 Å². The lowest BCUT2D eigenvalue weighted by Gasteiger charge is -2.03. The van der Waals surface area contributed by atoms with Gasteiger partial charge in [-0.1, -0.05) is 19.9 Å². The Kier molecular flexibility index (Phi) is 3.71. The van der Waals surface area contributed by atoms with E-state index < -0.39 is 0 Å². The van der Waals surface area contributed by atoms with Gasteiger partial charge >= 0.3 is 5.97 Å². The molecule has 1 rings (SSSR count). The van der Waals surface area contributed by atoms with Gasteiger partial charge in [0.2, 0.25) is 0 Å². The molecule has 2 atom stereocenters. The summed E-state index contributed by atoms with van der Waals surface area (Å²) in [5, 5.41) is 8.69. The highest BCUT2D eigenvalue weighted by Crippen LogP contribution is 2.59. The van der Waals surface area contributed by atoms with Crippen LogP contribution in [0.3, 0.4) is 0 Å². The number of nitriles is 1. The quantitative estimate of drug-likeness (QED) is 0.415. The van der Waals surface area contributed by atoms with Crippen molar-refractivity contribution in [3.8, 4) is 6.07 Å². The monoisotopic (exact) mass is 223 g/mol. The van der Waals surface area contributed by atoms with Gasteiger partial charge in [-0.2, -0.15) is 5.26 Å². The summed E-state index contributed by atoms with van der Waals surface area (Å²) in [6.45, 7) is 5.72. The van der Waals surface area contributed by atoms with Crippen molar-refractivity contribution in [1.82, 2.24) is 0 Å². The zero-order valence-corrected chi connectivity index (χ0v) is 10.1. The van der Waals surface area contributed by atoms with Crippen LogP contribution in [0.5, 0.6) is 0 Å². The van der Waals surface area contributed by atoms with Crippen LogP contribution >= 0.6 is 0 Å². The third-order valence-corrected chi connectivity index (χ3v) is 3.09. The van der Waals surface area contributed by atoms with Gasteiger partial charge < -0.3 is 9.47 Å². The minimum atomic E-state index is -0.251. The number of nitrogens with zero attached hydrogens (tertiary/aromatic N) is 1. The first-order chi connectivity index (χ1) is 7.45. The Labute approximate surface area is 95.8 Å². The number of esters is 1. The standard InChI is InChI=1S/C12H17NO3/c1-8(6-13)5-9-10(12(9,2)3)11(14)16-7-15-4/h5,9-10H,7H2,1-4H3. The Bertz CT molecular complexity index is 352. The highest BCUT2D eigenvalue weighted by Gasteiger charge is 2.61. The molecule has 0 aromatic rings. The second kappa shape index (κ2) is 4.67. The third kappa shape index (κ3) is 2.42. The molecule has 88 valence electrons. The molecule has 1 saturated carbocycles. The Morgan fingerprint density at radius 1 is 1.56 bits per heavy atom. The summed E-state index contributed by atoms with van der Waals surface area (Å²) >= 11 is 0. The first kappa shape index (κ1) is 12.7. The zero-order valence-electron chi connectivity index (χ0n) is 10.1. The van der Waals surface area contributed by atoms with E-state index in [0.717, 1.165) is 0 Å². The number of hydrogen-bond donors (Lipinski definition) is 0. The lowest BCUT2D eigenvalue weighted by molar-refractivity contribution is -0.156. The predicted octanol–water partition coefficient (Wildman–Crippen LogP) is 1.88. The molecule has 0 radical (unpaired) electrons. The molecule has 0 N–H and O–H groups in total. The number of carbonyl (C=O) groups excluding carboxylic acids is 1. The minimum Gasteiger partial charge on any atom is -0.438 e. The molecule has 0 aliphatic heterocycles. The average molecular weight is 223 g/mol. The molecule has 0 saturated heterocycles. The summed E-state index contributed by atoms with van der Waals surface area (Å²) in [7, 11) is 1.47. The lowest BCUT2D eigenvalue weighted by Crippen LogP contribution is -2.12. The number of hydrogen-bond acceptors (Lipinski definition) is 4. The smallest absolute Gasteiger partial charge is 0.312 e. The number of allylic oxidation sites excluding steroid dienone is 2. The molecule has 0 bridgehead atoms. The average Bonchev–Trinajstić information content (AvgIpc) is 2.77. The summed E-state index contributed by atoms with van der Waals surface area (Å²) in [4.78, 5) is 11.6. The van der Waals surface area contributed by atoms with Crippen molar-refractivity contribution in [3.63, 3.8) is 0 Å². The van der Waals surface area contributed by atoms with Gasteiger partial charge in [0.1, 0.15) is 0 Å². The van der Waals surface area contributed by atoms with E-state index in [4.69, 9.17) is 10.00 Å². The Morgan fingerprint density at radius 2 is 2.19 bits per heavy atom. The van der Waals surface area contributed by atoms with Crippen molar-refractivity contribution < 1.29 is 14.3 Å². The fraction of sp³-hybridized carbons (Fsp3) is 0.667. The van der Waals surface area contributed by atoms with Crippen LogP contribution < -0.4 is 0 Å². The van der Waals surface area contributed by atoms with Crippen LogP contribution in [0, 0.1) is 28.6 Å². The molecule has 0 aromatic carbocycles.